The van der Waals surface area contributed by atoms with Gasteiger partial charge < -0.3 is 10.5 Å². The van der Waals surface area contributed by atoms with Crippen molar-refractivity contribution in [2.24, 2.45) is 11.7 Å². The Kier molecular flexibility index (Phi) is 3.53. The summed E-state index contributed by atoms with van der Waals surface area (Å²) in [7, 11) is 1.73. The number of nitrogens with two attached hydrogens (primary N) is 1. The van der Waals surface area contributed by atoms with Gasteiger partial charge in [-0.05, 0) is 25.2 Å². The van der Waals surface area contributed by atoms with Gasteiger partial charge in [-0.25, -0.2) is 0 Å². The average molecular weight is 171 g/mol. The lowest BCUT2D eigenvalue weighted by atomic mass is 9.85. The largest absolute Gasteiger partial charge is 0.381 e. The Morgan fingerprint density at radius 2 is 2.33 bits per heavy atom. The minimum absolute atomic E-state index is 0.184. The highest BCUT2D eigenvalue weighted by molar-refractivity contribution is 5.73. The Hall–Kier alpha value is -0.570. The Bertz CT molecular complexity index is 159. The number of carbonyl (C=O) groups is 1. The summed E-state index contributed by atoms with van der Waals surface area (Å²) in [5.74, 6) is 0.276. The maximum absolute atomic E-state index is 10.6. The first-order valence-electron chi connectivity index (χ1n) is 4.53. The van der Waals surface area contributed by atoms with E-state index < -0.39 is 0 Å². The summed E-state index contributed by atoms with van der Waals surface area (Å²) in [6, 6.07) is 0. The molecule has 0 aromatic carbocycles. The van der Waals surface area contributed by atoms with Gasteiger partial charge in [0.25, 0.3) is 0 Å². The highest BCUT2D eigenvalue weighted by Crippen LogP contribution is 2.27. The molecule has 2 N–H and O–H groups in total. The standard InChI is InChI=1S/C9H17NO2/c1-12-8-4-2-3-7(5-8)6-9(10)11/h7-8H,2-6H2,1H3,(H2,10,11)/t7-,8-/m1/s1. The third kappa shape index (κ3) is 2.81. The third-order valence-corrected chi connectivity index (χ3v) is 2.56. The molecule has 3 nitrogen and oxygen atoms in total. The molecule has 1 fully saturated rings. The van der Waals surface area contributed by atoms with Crippen LogP contribution >= 0.6 is 0 Å². The van der Waals surface area contributed by atoms with Gasteiger partial charge in [-0.3, -0.25) is 4.79 Å². The van der Waals surface area contributed by atoms with Gasteiger partial charge in [-0.2, -0.15) is 0 Å². The van der Waals surface area contributed by atoms with E-state index in [1.54, 1.807) is 7.11 Å². The third-order valence-electron chi connectivity index (χ3n) is 2.56. The molecule has 0 spiro atoms. The van der Waals surface area contributed by atoms with E-state index in [9.17, 15) is 4.79 Å². The molecule has 0 aromatic heterocycles. The van der Waals surface area contributed by atoms with Crippen molar-refractivity contribution in [3.8, 4) is 0 Å². The minimum atomic E-state index is -0.184. The van der Waals surface area contributed by atoms with Crippen LogP contribution in [0.3, 0.4) is 0 Å². The van der Waals surface area contributed by atoms with Crippen LogP contribution in [0, 0.1) is 5.92 Å². The molecular formula is C9H17NO2. The average Bonchev–Trinajstić information content (AvgIpc) is 2.03. The molecule has 0 aromatic rings. The van der Waals surface area contributed by atoms with Crippen molar-refractivity contribution >= 4 is 5.91 Å². The first kappa shape index (κ1) is 9.52. The summed E-state index contributed by atoms with van der Waals surface area (Å²) in [6.45, 7) is 0. The van der Waals surface area contributed by atoms with Crippen molar-refractivity contribution in [3.05, 3.63) is 0 Å². The lowest BCUT2D eigenvalue weighted by molar-refractivity contribution is -0.119. The normalized spacial score (nSPS) is 30.1. The summed E-state index contributed by atoms with van der Waals surface area (Å²) < 4.78 is 5.25. The van der Waals surface area contributed by atoms with Crippen LogP contribution in [0.5, 0.6) is 0 Å². The van der Waals surface area contributed by atoms with E-state index in [2.05, 4.69) is 0 Å². The number of primary amides is 1. The van der Waals surface area contributed by atoms with Crippen LogP contribution in [-0.4, -0.2) is 19.1 Å². The van der Waals surface area contributed by atoms with Crippen molar-refractivity contribution in [3.63, 3.8) is 0 Å². The molecule has 3 heteroatoms. The van der Waals surface area contributed by atoms with Crippen molar-refractivity contribution in [1.82, 2.24) is 0 Å². The van der Waals surface area contributed by atoms with Crippen LogP contribution in [0.1, 0.15) is 32.1 Å². The van der Waals surface area contributed by atoms with Crippen molar-refractivity contribution < 1.29 is 9.53 Å². The van der Waals surface area contributed by atoms with Gasteiger partial charge in [0.05, 0.1) is 6.10 Å². The monoisotopic (exact) mass is 171 g/mol. The van der Waals surface area contributed by atoms with Gasteiger partial charge in [0.1, 0.15) is 0 Å². The maximum atomic E-state index is 10.6. The second-order valence-corrected chi connectivity index (χ2v) is 3.56. The zero-order chi connectivity index (χ0) is 8.97. The molecule has 1 aliphatic carbocycles. The van der Waals surface area contributed by atoms with E-state index >= 15 is 0 Å². The molecular weight excluding hydrogens is 154 g/mol. The molecule has 0 bridgehead atoms. The van der Waals surface area contributed by atoms with Gasteiger partial charge in [0.2, 0.25) is 5.91 Å². The second-order valence-electron chi connectivity index (χ2n) is 3.56. The number of methoxy groups -OCH3 is 1. The molecule has 2 atom stereocenters. The molecule has 1 rings (SSSR count). The predicted molar refractivity (Wildman–Crippen MR) is 46.6 cm³/mol. The van der Waals surface area contributed by atoms with Crippen molar-refractivity contribution in [2.45, 2.75) is 38.2 Å². The van der Waals surface area contributed by atoms with E-state index in [-0.39, 0.29) is 5.91 Å². The molecule has 12 heavy (non-hydrogen) atoms. The van der Waals surface area contributed by atoms with Crippen LogP contribution in [0.4, 0.5) is 0 Å². The summed E-state index contributed by atoms with van der Waals surface area (Å²) >= 11 is 0. The number of carbonyl (C=O) groups excluding carboxylic acids is 1. The molecule has 70 valence electrons. The highest BCUT2D eigenvalue weighted by atomic mass is 16.5. The van der Waals surface area contributed by atoms with Gasteiger partial charge >= 0.3 is 0 Å². The molecule has 1 saturated carbocycles. The Labute approximate surface area is 73.3 Å². The smallest absolute Gasteiger partial charge is 0.217 e. The van der Waals surface area contributed by atoms with E-state index in [1.165, 1.54) is 0 Å². The quantitative estimate of drug-likeness (QED) is 0.690. The van der Waals surface area contributed by atoms with Gasteiger partial charge in [-0.1, -0.05) is 6.42 Å². The number of rotatable bonds is 3. The van der Waals surface area contributed by atoms with Crippen LogP contribution < -0.4 is 5.73 Å². The number of hydrogen-bond acceptors (Lipinski definition) is 2. The summed E-state index contributed by atoms with van der Waals surface area (Å²) in [5, 5.41) is 0. The lowest BCUT2D eigenvalue weighted by Crippen LogP contribution is -2.25. The fraction of sp³-hybridized carbons (Fsp3) is 0.889. The van der Waals surface area contributed by atoms with Gasteiger partial charge in [-0.15, -0.1) is 0 Å². The van der Waals surface area contributed by atoms with Crippen molar-refractivity contribution in [2.75, 3.05) is 7.11 Å². The molecule has 0 heterocycles. The highest BCUT2D eigenvalue weighted by Gasteiger charge is 2.22. The van der Waals surface area contributed by atoms with E-state index in [0.29, 0.717) is 18.4 Å². The van der Waals surface area contributed by atoms with Gasteiger partial charge in [0.15, 0.2) is 0 Å². The molecule has 1 amide bonds. The zero-order valence-corrected chi connectivity index (χ0v) is 7.58. The molecule has 1 aliphatic rings. The first-order chi connectivity index (χ1) is 5.72. The number of hydrogen-bond donors (Lipinski definition) is 1. The molecule has 0 unspecified atom stereocenters. The van der Waals surface area contributed by atoms with E-state index in [1.807, 2.05) is 0 Å². The topological polar surface area (TPSA) is 52.3 Å². The van der Waals surface area contributed by atoms with Crippen LogP contribution in [0.15, 0.2) is 0 Å². The molecule has 0 saturated heterocycles. The summed E-state index contributed by atoms with van der Waals surface area (Å²) in [5.41, 5.74) is 5.13. The summed E-state index contributed by atoms with van der Waals surface area (Å²) in [4.78, 5) is 10.6. The lowest BCUT2D eigenvalue weighted by Gasteiger charge is -2.27. The SMILES string of the molecule is CO[C@@H]1CCC[C@@H](CC(N)=O)C1. The predicted octanol–water partition coefficient (Wildman–Crippen LogP) is 1.07. The van der Waals surface area contributed by atoms with Gasteiger partial charge in [0, 0.05) is 13.5 Å². The van der Waals surface area contributed by atoms with E-state index in [0.717, 1.165) is 25.7 Å². The zero-order valence-electron chi connectivity index (χ0n) is 7.58. The number of amides is 1. The van der Waals surface area contributed by atoms with Crippen LogP contribution in [0.25, 0.3) is 0 Å². The van der Waals surface area contributed by atoms with E-state index in [4.69, 9.17) is 10.5 Å². The first-order valence-corrected chi connectivity index (χ1v) is 4.53. The Balaban J connectivity index is 2.30. The molecule has 0 radical (unpaired) electrons. The number of ether oxygens (including phenoxy) is 1. The van der Waals surface area contributed by atoms with Crippen LogP contribution in [0.2, 0.25) is 0 Å². The molecule has 0 aliphatic heterocycles. The Morgan fingerprint density at radius 1 is 1.58 bits per heavy atom. The fourth-order valence-electron chi connectivity index (χ4n) is 1.93. The van der Waals surface area contributed by atoms with Crippen LogP contribution in [-0.2, 0) is 9.53 Å². The van der Waals surface area contributed by atoms with Crippen molar-refractivity contribution in [1.29, 1.82) is 0 Å². The Morgan fingerprint density at radius 3 is 2.92 bits per heavy atom. The second kappa shape index (κ2) is 4.45. The minimum Gasteiger partial charge on any atom is -0.381 e. The summed E-state index contributed by atoms with van der Waals surface area (Å²) in [6.07, 6.45) is 5.30. The fourth-order valence-corrected chi connectivity index (χ4v) is 1.93. The maximum Gasteiger partial charge on any atom is 0.217 e.